The Morgan fingerprint density at radius 2 is 1.79 bits per heavy atom. The molecule has 7 heteroatoms. The zero-order valence-corrected chi connectivity index (χ0v) is 19.4. The molecule has 0 fully saturated rings. The average Bonchev–Trinajstić information content (AvgIpc) is 3.33. The standard InChI is InChI=1S/C27H21N3O3S/c1-17-7-11-20(12-8-17)28-26-22(15-19-5-3-4-6-24(19)33-26)25(31)30-27-29-23(16-34-27)18-9-13-21(32-2)14-10-18/h3-16H,1-2H3,(H,29,30,31). The molecule has 168 valence electrons. The van der Waals surface area contributed by atoms with Gasteiger partial charge in [-0.15, -0.1) is 11.3 Å². The van der Waals surface area contributed by atoms with Crippen molar-refractivity contribution >= 4 is 39.0 Å². The molecule has 5 aromatic rings. The Kier molecular flexibility index (Phi) is 5.93. The van der Waals surface area contributed by atoms with Crippen LogP contribution in [0.25, 0.3) is 22.2 Å². The van der Waals surface area contributed by atoms with Crippen molar-refractivity contribution in [3.63, 3.8) is 0 Å². The minimum atomic E-state index is -0.337. The molecule has 0 aliphatic carbocycles. The smallest absolute Gasteiger partial charge is 0.262 e. The number of fused-ring (bicyclic) bond motifs is 1. The highest BCUT2D eigenvalue weighted by Gasteiger charge is 2.15. The van der Waals surface area contributed by atoms with Crippen LogP contribution in [0.15, 0.2) is 93.7 Å². The van der Waals surface area contributed by atoms with Crippen LogP contribution in [0.3, 0.4) is 0 Å². The van der Waals surface area contributed by atoms with Crippen LogP contribution in [0.4, 0.5) is 10.8 Å². The van der Waals surface area contributed by atoms with Crippen molar-refractivity contribution < 1.29 is 13.9 Å². The van der Waals surface area contributed by atoms with Crippen molar-refractivity contribution in [3.05, 3.63) is 101 Å². The fraction of sp³-hybridized carbons (Fsp3) is 0.0741. The van der Waals surface area contributed by atoms with Crippen LogP contribution in [-0.4, -0.2) is 18.0 Å². The van der Waals surface area contributed by atoms with Gasteiger partial charge in [-0.25, -0.2) is 9.98 Å². The summed E-state index contributed by atoms with van der Waals surface area (Å²) < 4.78 is 11.2. The summed E-state index contributed by atoms with van der Waals surface area (Å²) in [6, 6.07) is 24.7. The summed E-state index contributed by atoms with van der Waals surface area (Å²) in [5.41, 5.74) is 4.77. The Labute approximate surface area is 200 Å². The van der Waals surface area contributed by atoms with Crippen molar-refractivity contribution in [2.75, 3.05) is 12.4 Å². The van der Waals surface area contributed by atoms with Gasteiger partial charge in [0.25, 0.3) is 5.91 Å². The minimum Gasteiger partial charge on any atom is -0.497 e. The molecule has 0 radical (unpaired) electrons. The first-order valence-corrected chi connectivity index (χ1v) is 11.5. The molecule has 3 aromatic carbocycles. The Morgan fingerprint density at radius 1 is 1.03 bits per heavy atom. The number of amides is 1. The highest BCUT2D eigenvalue weighted by Crippen LogP contribution is 2.27. The van der Waals surface area contributed by atoms with Crippen molar-refractivity contribution in [2.24, 2.45) is 4.99 Å². The van der Waals surface area contributed by atoms with E-state index in [2.05, 4.69) is 15.3 Å². The number of anilines is 1. The number of hydrogen-bond acceptors (Lipinski definition) is 6. The molecule has 5 rings (SSSR count). The molecule has 0 saturated carbocycles. The summed E-state index contributed by atoms with van der Waals surface area (Å²) in [6.07, 6.45) is 0. The van der Waals surface area contributed by atoms with Crippen molar-refractivity contribution in [3.8, 4) is 17.0 Å². The molecule has 0 atom stereocenters. The zero-order chi connectivity index (χ0) is 23.5. The molecule has 1 N–H and O–H groups in total. The maximum atomic E-state index is 13.3. The van der Waals surface area contributed by atoms with Crippen molar-refractivity contribution in [1.82, 2.24) is 4.98 Å². The van der Waals surface area contributed by atoms with Crippen LogP contribution in [0.5, 0.6) is 5.75 Å². The molecule has 0 saturated heterocycles. The molecule has 2 aromatic heterocycles. The largest absolute Gasteiger partial charge is 0.497 e. The molecule has 0 bridgehead atoms. The van der Waals surface area contributed by atoms with E-state index in [1.54, 1.807) is 13.2 Å². The molecule has 0 aliphatic heterocycles. The lowest BCUT2D eigenvalue weighted by Crippen LogP contribution is -2.21. The molecule has 1 amide bonds. The predicted molar refractivity (Wildman–Crippen MR) is 135 cm³/mol. The third-order valence-corrected chi connectivity index (χ3v) is 6.03. The molecule has 2 heterocycles. The second-order valence-corrected chi connectivity index (χ2v) is 8.53. The van der Waals surface area contributed by atoms with Gasteiger partial charge in [0.2, 0.25) is 5.55 Å². The van der Waals surface area contributed by atoms with Crippen LogP contribution in [0.1, 0.15) is 15.9 Å². The number of benzene rings is 3. The quantitative estimate of drug-likeness (QED) is 0.326. The van der Waals surface area contributed by atoms with E-state index in [1.165, 1.54) is 11.3 Å². The summed E-state index contributed by atoms with van der Waals surface area (Å²) in [4.78, 5) is 22.5. The van der Waals surface area contributed by atoms with Gasteiger partial charge < -0.3 is 9.15 Å². The highest BCUT2D eigenvalue weighted by molar-refractivity contribution is 7.14. The number of aromatic nitrogens is 1. The first-order valence-electron chi connectivity index (χ1n) is 10.6. The van der Waals surface area contributed by atoms with Gasteiger partial charge in [0.15, 0.2) is 5.13 Å². The number of nitrogens with one attached hydrogen (secondary N) is 1. The third-order valence-electron chi connectivity index (χ3n) is 5.28. The second-order valence-electron chi connectivity index (χ2n) is 7.67. The summed E-state index contributed by atoms with van der Waals surface area (Å²) in [6.45, 7) is 2.01. The van der Waals surface area contributed by atoms with E-state index in [9.17, 15) is 4.79 Å². The van der Waals surface area contributed by atoms with Crippen LogP contribution in [0.2, 0.25) is 0 Å². The number of ether oxygens (including phenoxy) is 1. The van der Waals surface area contributed by atoms with Crippen molar-refractivity contribution in [2.45, 2.75) is 6.92 Å². The van der Waals surface area contributed by atoms with E-state index in [4.69, 9.17) is 9.15 Å². The molecular weight excluding hydrogens is 446 g/mol. The lowest BCUT2D eigenvalue weighted by atomic mass is 10.1. The zero-order valence-electron chi connectivity index (χ0n) is 18.6. The highest BCUT2D eigenvalue weighted by atomic mass is 32.1. The SMILES string of the molecule is COc1ccc(-c2csc(NC(=O)c3cc4ccccc4oc3=Nc3ccc(C)cc3)n2)cc1. The molecular formula is C27H21N3O3S. The Hall–Kier alpha value is -4.23. The fourth-order valence-electron chi connectivity index (χ4n) is 3.44. The average molecular weight is 468 g/mol. The Morgan fingerprint density at radius 3 is 2.56 bits per heavy atom. The first-order chi connectivity index (χ1) is 16.6. The number of rotatable bonds is 5. The lowest BCUT2D eigenvalue weighted by Gasteiger charge is -2.05. The summed E-state index contributed by atoms with van der Waals surface area (Å²) in [7, 11) is 1.63. The maximum absolute atomic E-state index is 13.3. The molecule has 0 spiro atoms. The van der Waals surface area contributed by atoms with E-state index in [-0.39, 0.29) is 11.5 Å². The van der Waals surface area contributed by atoms with Crippen LogP contribution in [-0.2, 0) is 0 Å². The van der Waals surface area contributed by atoms with E-state index in [1.807, 2.05) is 85.1 Å². The van der Waals surface area contributed by atoms with Crippen LogP contribution >= 0.6 is 11.3 Å². The predicted octanol–water partition coefficient (Wildman–Crippen LogP) is 6.36. The summed E-state index contributed by atoms with van der Waals surface area (Å²) in [5, 5.41) is 6.10. The molecule has 0 unspecified atom stereocenters. The van der Waals surface area contributed by atoms with Gasteiger partial charge in [-0.05, 0) is 55.5 Å². The van der Waals surface area contributed by atoms with E-state index >= 15 is 0 Å². The molecule has 6 nitrogen and oxygen atoms in total. The minimum absolute atomic E-state index is 0.243. The number of hydrogen-bond donors (Lipinski definition) is 1. The maximum Gasteiger partial charge on any atom is 0.262 e. The van der Waals surface area contributed by atoms with Gasteiger partial charge in [-0.3, -0.25) is 10.1 Å². The Bertz CT molecular complexity index is 1530. The number of carbonyl (C=O) groups excluding carboxylic acids is 1. The first kappa shape index (κ1) is 21.6. The van der Waals surface area contributed by atoms with Crippen LogP contribution < -0.4 is 15.6 Å². The lowest BCUT2D eigenvalue weighted by molar-refractivity contribution is 0.102. The van der Waals surface area contributed by atoms with Crippen molar-refractivity contribution in [1.29, 1.82) is 0 Å². The molecule has 34 heavy (non-hydrogen) atoms. The van der Waals surface area contributed by atoms with Gasteiger partial charge in [-0.2, -0.15) is 0 Å². The monoisotopic (exact) mass is 467 g/mol. The van der Waals surface area contributed by atoms with Gasteiger partial charge in [0, 0.05) is 16.3 Å². The molecule has 0 aliphatic rings. The fourth-order valence-corrected chi connectivity index (χ4v) is 4.16. The normalized spacial score (nSPS) is 11.5. The number of aryl methyl sites for hydroxylation is 1. The number of para-hydroxylation sites is 1. The summed E-state index contributed by atoms with van der Waals surface area (Å²) in [5.74, 6) is 0.438. The van der Waals surface area contributed by atoms with Gasteiger partial charge in [0.05, 0.1) is 18.5 Å². The topological polar surface area (TPSA) is 76.7 Å². The van der Waals surface area contributed by atoms with Gasteiger partial charge in [-0.1, -0.05) is 35.9 Å². The van der Waals surface area contributed by atoms with E-state index < -0.39 is 0 Å². The number of nitrogens with zero attached hydrogens (tertiary/aromatic N) is 2. The van der Waals surface area contributed by atoms with Gasteiger partial charge >= 0.3 is 0 Å². The van der Waals surface area contributed by atoms with E-state index in [0.29, 0.717) is 22.0 Å². The van der Waals surface area contributed by atoms with Gasteiger partial charge in [0.1, 0.15) is 16.9 Å². The van der Waals surface area contributed by atoms with E-state index in [0.717, 1.165) is 28.0 Å². The summed E-state index contributed by atoms with van der Waals surface area (Å²) >= 11 is 1.36. The third kappa shape index (κ3) is 4.60. The number of carbonyl (C=O) groups is 1. The number of thiazole rings is 1. The second kappa shape index (κ2) is 9.33. The van der Waals surface area contributed by atoms with Crippen LogP contribution in [0, 0.1) is 6.92 Å². The Balaban J connectivity index is 1.49. The number of methoxy groups -OCH3 is 1.